The van der Waals surface area contributed by atoms with E-state index in [1.54, 1.807) is 0 Å². The van der Waals surface area contributed by atoms with Gasteiger partial charge in [0.1, 0.15) is 0 Å². The Labute approximate surface area is 129 Å². The van der Waals surface area contributed by atoms with Gasteiger partial charge in [-0.1, -0.05) is 18.5 Å². The van der Waals surface area contributed by atoms with Crippen LogP contribution in [-0.2, 0) is 14.8 Å². The molecule has 1 amide bonds. The van der Waals surface area contributed by atoms with Gasteiger partial charge < -0.3 is 11.1 Å². The number of hydrogen-bond acceptors (Lipinski definition) is 4. The summed E-state index contributed by atoms with van der Waals surface area (Å²) >= 11 is 5.94. The number of sulfonamides is 1. The third kappa shape index (κ3) is 6.01. The maximum atomic E-state index is 11.9. The van der Waals surface area contributed by atoms with Gasteiger partial charge in [-0.05, 0) is 43.5 Å². The van der Waals surface area contributed by atoms with Crippen molar-refractivity contribution in [2.24, 2.45) is 16.8 Å². The van der Waals surface area contributed by atoms with Crippen molar-refractivity contribution in [2.75, 3.05) is 11.9 Å². The number of anilines is 1. The molecule has 1 rings (SSSR count). The third-order valence-corrected chi connectivity index (χ3v) is 4.30. The van der Waals surface area contributed by atoms with Crippen molar-refractivity contribution in [3.8, 4) is 0 Å². The number of rotatable bonds is 7. The SMILES string of the molecule is CC(CCN)CCC(=O)Nc1cc(S(N)(=O)=O)ccc1Cl. The Morgan fingerprint density at radius 2 is 2.05 bits per heavy atom. The smallest absolute Gasteiger partial charge is 0.238 e. The van der Waals surface area contributed by atoms with E-state index < -0.39 is 10.0 Å². The fourth-order valence-electron chi connectivity index (χ4n) is 1.80. The highest BCUT2D eigenvalue weighted by molar-refractivity contribution is 7.89. The van der Waals surface area contributed by atoms with Crippen LogP contribution in [0.5, 0.6) is 0 Å². The normalized spacial score (nSPS) is 13.0. The molecule has 0 saturated carbocycles. The van der Waals surface area contributed by atoms with E-state index in [1.165, 1.54) is 18.2 Å². The highest BCUT2D eigenvalue weighted by Gasteiger charge is 2.13. The number of primary sulfonamides is 1. The Balaban J connectivity index is 2.72. The van der Waals surface area contributed by atoms with Crippen LogP contribution in [0.15, 0.2) is 23.1 Å². The molecular formula is C13H20ClN3O3S. The van der Waals surface area contributed by atoms with Crippen molar-refractivity contribution in [2.45, 2.75) is 31.1 Å². The standard InChI is InChI=1S/C13H20ClN3O3S/c1-9(6-7-15)2-5-13(18)17-12-8-10(21(16,19)20)3-4-11(12)14/h3-4,8-9H,2,5-7,15H2,1H3,(H,17,18)(H2,16,19,20). The molecule has 1 unspecified atom stereocenters. The molecule has 0 aromatic heterocycles. The van der Waals surface area contributed by atoms with Crippen LogP contribution in [0.4, 0.5) is 5.69 Å². The number of halogens is 1. The summed E-state index contributed by atoms with van der Waals surface area (Å²) in [7, 11) is -3.83. The Bertz CT molecular complexity index is 605. The van der Waals surface area contributed by atoms with Gasteiger partial charge in [-0.25, -0.2) is 13.6 Å². The number of amides is 1. The van der Waals surface area contributed by atoms with E-state index in [1.807, 2.05) is 6.92 Å². The van der Waals surface area contributed by atoms with Gasteiger partial charge in [0.2, 0.25) is 15.9 Å². The van der Waals surface area contributed by atoms with E-state index in [0.717, 1.165) is 6.42 Å². The predicted molar refractivity (Wildman–Crippen MR) is 83.5 cm³/mol. The van der Waals surface area contributed by atoms with Gasteiger partial charge >= 0.3 is 0 Å². The minimum atomic E-state index is -3.83. The first-order chi connectivity index (χ1) is 9.74. The number of carbonyl (C=O) groups is 1. The lowest BCUT2D eigenvalue weighted by atomic mass is 10.0. The van der Waals surface area contributed by atoms with Gasteiger partial charge in [-0.15, -0.1) is 0 Å². The van der Waals surface area contributed by atoms with Gasteiger partial charge in [0, 0.05) is 6.42 Å². The van der Waals surface area contributed by atoms with E-state index in [9.17, 15) is 13.2 Å². The second-order valence-electron chi connectivity index (χ2n) is 4.96. The molecule has 0 saturated heterocycles. The van der Waals surface area contributed by atoms with Crippen molar-refractivity contribution in [3.63, 3.8) is 0 Å². The van der Waals surface area contributed by atoms with Crippen LogP contribution in [0, 0.1) is 5.92 Å². The molecule has 1 aromatic rings. The summed E-state index contributed by atoms with van der Waals surface area (Å²) in [6, 6.07) is 3.92. The van der Waals surface area contributed by atoms with Crippen molar-refractivity contribution in [1.82, 2.24) is 0 Å². The van der Waals surface area contributed by atoms with Crippen molar-refractivity contribution < 1.29 is 13.2 Å². The number of nitrogens with two attached hydrogens (primary N) is 2. The number of hydrogen-bond donors (Lipinski definition) is 3. The fourth-order valence-corrected chi connectivity index (χ4v) is 2.50. The molecule has 0 aliphatic rings. The van der Waals surface area contributed by atoms with Gasteiger partial charge in [0.15, 0.2) is 0 Å². The summed E-state index contributed by atoms with van der Waals surface area (Å²) in [6.45, 7) is 2.61. The average molecular weight is 334 g/mol. The van der Waals surface area contributed by atoms with Crippen LogP contribution >= 0.6 is 11.6 Å². The molecule has 0 fully saturated rings. The van der Waals surface area contributed by atoms with Gasteiger partial charge in [-0.3, -0.25) is 4.79 Å². The molecule has 8 heteroatoms. The summed E-state index contributed by atoms with van der Waals surface area (Å²) in [6.07, 6.45) is 1.88. The van der Waals surface area contributed by atoms with E-state index in [-0.39, 0.29) is 21.5 Å². The number of carbonyl (C=O) groups excluding carboxylic acids is 1. The molecule has 0 aliphatic carbocycles. The Kier molecular flexibility index (Phi) is 6.60. The Hall–Kier alpha value is -1.15. The fraction of sp³-hybridized carbons (Fsp3) is 0.462. The predicted octanol–water partition coefficient (Wildman–Crippen LogP) is 1.69. The van der Waals surface area contributed by atoms with E-state index >= 15 is 0 Å². The van der Waals surface area contributed by atoms with Gasteiger partial charge in [-0.2, -0.15) is 0 Å². The first-order valence-corrected chi connectivity index (χ1v) is 8.48. The zero-order valence-corrected chi connectivity index (χ0v) is 13.4. The monoisotopic (exact) mass is 333 g/mol. The maximum Gasteiger partial charge on any atom is 0.238 e. The summed E-state index contributed by atoms with van der Waals surface area (Å²) in [5.74, 6) is 0.124. The van der Waals surface area contributed by atoms with Gasteiger partial charge in [0.25, 0.3) is 0 Å². The molecule has 21 heavy (non-hydrogen) atoms. The highest BCUT2D eigenvalue weighted by Crippen LogP contribution is 2.25. The zero-order valence-electron chi connectivity index (χ0n) is 11.8. The zero-order chi connectivity index (χ0) is 16.0. The van der Waals surface area contributed by atoms with Crippen molar-refractivity contribution in [3.05, 3.63) is 23.2 Å². The first-order valence-electron chi connectivity index (χ1n) is 6.56. The van der Waals surface area contributed by atoms with Crippen LogP contribution in [0.1, 0.15) is 26.2 Å². The molecule has 1 aromatic carbocycles. The van der Waals surface area contributed by atoms with Crippen LogP contribution < -0.4 is 16.2 Å². The first kappa shape index (κ1) is 17.9. The molecule has 118 valence electrons. The van der Waals surface area contributed by atoms with E-state index in [4.69, 9.17) is 22.5 Å². The molecule has 5 N–H and O–H groups in total. The van der Waals surface area contributed by atoms with Crippen LogP contribution in [0.3, 0.4) is 0 Å². The lowest BCUT2D eigenvalue weighted by Gasteiger charge is -2.11. The lowest BCUT2D eigenvalue weighted by Crippen LogP contribution is -2.16. The molecule has 1 atom stereocenters. The molecule has 0 radical (unpaired) electrons. The molecule has 0 bridgehead atoms. The minimum Gasteiger partial charge on any atom is -0.330 e. The molecule has 6 nitrogen and oxygen atoms in total. The minimum absolute atomic E-state index is 0.0984. The summed E-state index contributed by atoms with van der Waals surface area (Å²) in [4.78, 5) is 11.8. The topological polar surface area (TPSA) is 115 Å². The molecule has 0 heterocycles. The second kappa shape index (κ2) is 7.74. The maximum absolute atomic E-state index is 11.9. The van der Waals surface area contributed by atoms with E-state index in [0.29, 0.717) is 25.3 Å². The second-order valence-corrected chi connectivity index (χ2v) is 6.92. The van der Waals surface area contributed by atoms with Crippen molar-refractivity contribution >= 4 is 33.2 Å². The van der Waals surface area contributed by atoms with Crippen molar-refractivity contribution in [1.29, 1.82) is 0 Å². The molecule has 0 spiro atoms. The quantitative estimate of drug-likeness (QED) is 0.704. The van der Waals surface area contributed by atoms with Crippen LogP contribution in [-0.4, -0.2) is 20.9 Å². The number of nitrogens with one attached hydrogen (secondary N) is 1. The molecule has 0 aliphatic heterocycles. The summed E-state index contributed by atoms with van der Waals surface area (Å²) < 4.78 is 22.6. The number of benzene rings is 1. The third-order valence-electron chi connectivity index (χ3n) is 3.06. The highest BCUT2D eigenvalue weighted by atomic mass is 35.5. The summed E-state index contributed by atoms with van der Waals surface area (Å²) in [5.41, 5.74) is 5.69. The molecular weight excluding hydrogens is 314 g/mol. The Morgan fingerprint density at radius 1 is 1.38 bits per heavy atom. The lowest BCUT2D eigenvalue weighted by molar-refractivity contribution is -0.116. The van der Waals surface area contributed by atoms with Gasteiger partial charge in [0.05, 0.1) is 15.6 Å². The summed E-state index contributed by atoms with van der Waals surface area (Å²) in [5, 5.41) is 7.90. The average Bonchev–Trinajstić information content (AvgIpc) is 2.38. The Morgan fingerprint density at radius 3 is 2.62 bits per heavy atom. The van der Waals surface area contributed by atoms with Crippen LogP contribution in [0.2, 0.25) is 5.02 Å². The van der Waals surface area contributed by atoms with Crippen LogP contribution in [0.25, 0.3) is 0 Å². The largest absolute Gasteiger partial charge is 0.330 e. The van der Waals surface area contributed by atoms with E-state index in [2.05, 4.69) is 5.32 Å².